The molecule has 0 atom stereocenters. The molecule has 98 valence electrons. The second kappa shape index (κ2) is 4.84. The predicted molar refractivity (Wildman–Crippen MR) is 72.6 cm³/mol. The fourth-order valence-electron chi connectivity index (χ4n) is 2.17. The van der Waals surface area contributed by atoms with Crippen LogP contribution < -0.4 is 5.32 Å². The molecular formula is C13H21N5. The van der Waals surface area contributed by atoms with Crippen LogP contribution >= 0.6 is 0 Å². The van der Waals surface area contributed by atoms with Crippen molar-refractivity contribution in [3.05, 3.63) is 28.8 Å². The van der Waals surface area contributed by atoms with E-state index in [1.165, 1.54) is 11.3 Å². The molecule has 0 amide bonds. The molecule has 0 radical (unpaired) electrons. The molecule has 0 unspecified atom stereocenters. The molecule has 2 aromatic heterocycles. The van der Waals surface area contributed by atoms with Crippen LogP contribution in [-0.4, -0.2) is 19.3 Å². The fourth-order valence-corrected chi connectivity index (χ4v) is 2.17. The second-order valence-corrected chi connectivity index (χ2v) is 4.62. The van der Waals surface area contributed by atoms with Gasteiger partial charge in [-0.1, -0.05) is 0 Å². The molecule has 0 aliphatic rings. The van der Waals surface area contributed by atoms with E-state index in [0.717, 1.165) is 30.4 Å². The molecule has 2 heterocycles. The Morgan fingerprint density at radius 2 is 2.00 bits per heavy atom. The molecule has 0 saturated heterocycles. The first kappa shape index (κ1) is 12.7. The normalized spacial score (nSPS) is 10.9. The monoisotopic (exact) mass is 247 g/mol. The molecule has 2 rings (SSSR count). The molecule has 0 aliphatic heterocycles. The number of hydrogen-bond acceptors (Lipinski definition) is 3. The van der Waals surface area contributed by atoms with Gasteiger partial charge in [0.1, 0.15) is 0 Å². The van der Waals surface area contributed by atoms with E-state index in [4.69, 9.17) is 0 Å². The van der Waals surface area contributed by atoms with Crippen LogP contribution in [0.15, 0.2) is 6.20 Å². The lowest BCUT2D eigenvalue weighted by Crippen LogP contribution is -2.07. The number of imidazole rings is 1. The van der Waals surface area contributed by atoms with Gasteiger partial charge in [0.15, 0.2) is 0 Å². The summed E-state index contributed by atoms with van der Waals surface area (Å²) in [7, 11) is 1.98. The fraction of sp³-hybridized carbons (Fsp3) is 0.538. The van der Waals surface area contributed by atoms with E-state index in [-0.39, 0.29) is 0 Å². The van der Waals surface area contributed by atoms with Crippen molar-refractivity contribution in [3.8, 4) is 0 Å². The van der Waals surface area contributed by atoms with Crippen LogP contribution in [0.1, 0.15) is 29.6 Å². The van der Waals surface area contributed by atoms with Gasteiger partial charge in [-0.15, -0.1) is 0 Å². The predicted octanol–water partition coefficient (Wildman–Crippen LogP) is 2.17. The van der Waals surface area contributed by atoms with Crippen molar-refractivity contribution in [2.24, 2.45) is 7.05 Å². The van der Waals surface area contributed by atoms with Crippen LogP contribution in [-0.2, 0) is 20.1 Å². The molecule has 0 aliphatic carbocycles. The van der Waals surface area contributed by atoms with Crippen molar-refractivity contribution < 1.29 is 0 Å². The first-order chi connectivity index (χ1) is 8.52. The lowest BCUT2D eigenvalue weighted by molar-refractivity contribution is 0.730. The van der Waals surface area contributed by atoms with Gasteiger partial charge in [-0.3, -0.25) is 4.68 Å². The van der Waals surface area contributed by atoms with Crippen LogP contribution in [0.2, 0.25) is 0 Å². The van der Waals surface area contributed by atoms with E-state index in [1.54, 1.807) is 0 Å². The summed E-state index contributed by atoms with van der Waals surface area (Å²) in [5.41, 5.74) is 4.57. The molecule has 1 N–H and O–H groups in total. The van der Waals surface area contributed by atoms with Gasteiger partial charge in [-0.25, -0.2) is 4.98 Å². The van der Waals surface area contributed by atoms with Gasteiger partial charge in [-0.2, -0.15) is 5.10 Å². The van der Waals surface area contributed by atoms with Crippen molar-refractivity contribution >= 4 is 5.95 Å². The van der Waals surface area contributed by atoms with Gasteiger partial charge < -0.3 is 9.88 Å². The number of aryl methyl sites for hydroxylation is 4. The van der Waals surface area contributed by atoms with Crippen molar-refractivity contribution in [2.45, 2.75) is 40.8 Å². The number of anilines is 1. The Hall–Kier alpha value is -1.78. The lowest BCUT2D eigenvalue weighted by atomic mass is 10.2. The van der Waals surface area contributed by atoms with Crippen LogP contribution in [0, 0.1) is 20.8 Å². The Morgan fingerprint density at radius 1 is 1.28 bits per heavy atom. The van der Waals surface area contributed by atoms with Gasteiger partial charge in [0.25, 0.3) is 0 Å². The maximum Gasteiger partial charge on any atom is 0.203 e. The molecule has 5 nitrogen and oxygen atoms in total. The minimum absolute atomic E-state index is 0.766. The standard InChI is InChI=1S/C13H21N5/c1-6-18-8-9(2)15-13(18)14-7-12-10(3)16-17(5)11(12)4/h8H,6-7H2,1-5H3,(H,14,15). The minimum atomic E-state index is 0.766. The Morgan fingerprint density at radius 3 is 2.56 bits per heavy atom. The van der Waals surface area contributed by atoms with E-state index < -0.39 is 0 Å². The van der Waals surface area contributed by atoms with E-state index in [0.29, 0.717) is 0 Å². The first-order valence-electron chi connectivity index (χ1n) is 6.29. The average molecular weight is 247 g/mol. The Bertz CT molecular complexity index is 550. The molecular weight excluding hydrogens is 226 g/mol. The third kappa shape index (κ3) is 2.25. The number of nitrogens with zero attached hydrogens (tertiary/aromatic N) is 4. The second-order valence-electron chi connectivity index (χ2n) is 4.62. The molecule has 0 bridgehead atoms. The van der Waals surface area contributed by atoms with Crippen molar-refractivity contribution in [1.82, 2.24) is 19.3 Å². The summed E-state index contributed by atoms with van der Waals surface area (Å²) in [6.45, 7) is 9.96. The number of nitrogens with one attached hydrogen (secondary N) is 1. The molecule has 18 heavy (non-hydrogen) atoms. The maximum atomic E-state index is 4.49. The molecule has 0 saturated carbocycles. The lowest BCUT2D eigenvalue weighted by Gasteiger charge is -2.08. The maximum absolute atomic E-state index is 4.49. The molecule has 2 aromatic rings. The highest BCUT2D eigenvalue weighted by Gasteiger charge is 2.10. The Labute approximate surface area is 108 Å². The Balaban J connectivity index is 2.16. The number of aromatic nitrogens is 4. The molecule has 0 fully saturated rings. The van der Waals surface area contributed by atoms with Crippen LogP contribution in [0.3, 0.4) is 0 Å². The van der Waals surface area contributed by atoms with Crippen molar-refractivity contribution in [2.75, 3.05) is 5.32 Å². The van der Waals surface area contributed by atoms with E-state index >= 15 is 0 Å². The highest BCUT2D eigenvalue weighted by molar-refractivity contribution is 5.33. The van der Waals surface area contributed by atoms with Gasteiger partial charge in [0, 0.05) is 37.6 Å². The zero-order chi connectivity index (χ0) is 13.3. The van der Waals surface area contributed by atoms with Gasteiger partial charge in [0.2, 0.25) is 5.95 Å². The van der Waals surface area contributed by atoms with E-state index in [2.05, 4.69) is 40.0 Å². The summed E-state index contributed by atoms with van der Waals surface area (Å²) in [5.74, 6) is 0.928. The number of rotatable bonds is 4. The smallest absolute Gasteiger partial charge is 0.203 e. The summed E-state index contributed by atoms with van der Waals surface area (Å²) < 4.78 is 4.04. The van der Waals surface area contributed by atoms with Crippen LogP contribution in [0.5, 0.6) is 0 Å². The minimum Gasteiger partial charge on any atom is -0.351 e. The Kier molecular flexibility index (Phi) is 3.41. The third-order valence-corrected chi connectivity index (χ3v) is 3.32. The molecule has 5 heteroatoms. The first-order valence-corrected chi connectivity index (χ1v) is 6.29. The zero-order valence-corrected chi connectivity index (χ0v) is 11.8. The van der Waals surface area contributed by atoms with Crippen LogP contribution in [0.4, 0.5) is 5.95 Å². The summed E-state index contributed by atoms with van der Waals surface area (Å²) in [5, 5.41) is 7.81. The van der Waals surface area contributed by atoms with E-state index in [9.17, 15) is 0 Å². The highest BCUT2D eigenvalue weighted by Crippen LogP contribution is 2.15. The SMILES string of the molecule is CCn1cc(C)nc1NCc1c(C)nn(C)c1C. The van der Waals surface area contributed by atoms with Gasteiger partial charge in [-0.05, 0) is 27.7 Å². The summed E-state index contributed by atoms with van der Waals surface area (Å²) in [6.07, 6.45) is 2.06. The quantitative estimate of drug-likeness (QED) is 0.900. The summed E-state index contributed by atoms with van der Waals surface area (Å²) in [4.78, 5) is 4.49. The van der Waals surface area contributed by atoms with Crippen molar-refractivity contribution in [3.63, 3.8) is 0 Å². The van der Waals surface area contributed by atoms with Crippen molar-refractivity contribution in [1.29, 1.82) is 0 Å². The van der Waals surface area contributed by atoms with Gasteiger partial charge >= 0.3 is 0 Å². The number of hydrogen-bond donors (Lipinski definition) is 1. The largest absolute Gasteiger partial charge is 0.351 e. The van der Waals surface area contributed by atoms with Crippen LogP contribution in [0.25, 0.3) is 0 Å². The summed E-state index contributed by atoms with van der Waals surface area (Å²) >= 11 is 0. The third-order valence-electron chi connectivity index (χ3n) is 3.32. The topological polar surface area (TPSA) is 47.7 Å². The van der Waals surface area contributed by atoms with Gasteiger partial charge in [0.05, 0.1) is 11.4 Å². The highest BCUT2D eigenvalue weighted by atomic mass is 15.3. The molecule has 0 spiro atoms. The van der Waals surface area contributed by atoms with E-state index in [1.807, 2.05) is 25.6 Å². The molecule has 0 aromatic carbocycles. The zero-order valence-electron chi connectivity index (χ0n) is 11.8. The summed E-state index contributed by atoms with van der Waals surface area (Å²) in [6, 6.07) is 0. The average Bonchev–Trinajstić information content (AvgIpc) is 2.79.